The molecule has 1 saturated carbocycles. The van der Waals surface area contributed by atoms with Gasteiger partial charge in [0.15, 0.2) is 0 Å². The van der Waals surface area contributed by atoms with Gasteiger partial charge in [-0.3, -0.25) is 9.36 Å². The average Bonchev–Trinajstić information content (AvgIpc) is 3.60. The van der Waals surface area contributed by atoms with E-state index in [4.69, 9.17) is 16.3 Å². The Bertz CT molecular complexity index is 1390. The summed E-state index contributed by atoms with van der Waals surface area (Å²) in [6.07, 6.45) is 1.66. The SMILES string of the molecule is Cc1c(N2CC(C(N)COc3ccccc3)C(C)(C)C2)c(F)cc2c(=O)n(N)c(=O)n(C3CC3)c12. The Morgan fingerprint density at radius 1 is 1.20 bits per heavy atom. The van der Waals surface area contributed by atoms with E-state index in [1.54, 1.807) is 11.5 Å². The first-order chi connectivity index (χ1) is 16.6. The molecular weight excluding hydrogens is 449 g/mol. The Labute approximate surface area is 202 Å². The number of halogens is 1. The molecule has 2 atom stereocenters. The highest BCUT2D eigenvalue weighted by Gasteiger charge is 2.44. The van der Waals surface area contributed by atoms with Gasteiger partial charge in [0.1, 0.15) is 18.2 Å². The average molecular weight is 482 g/mol. The summed E-state index contributed by atoms with van der Waals surface area (Å²) in [5.74, 6) is 6.05. The van der Waals surface area contributed by atoms with Gasteiger partial charge in [-0.15, -0.1) is 0 Å². The summed E-state index contributed by atoms with van der Waals surface area (Å²) in [5.41, 5.74) is 6.59. The standard InChI is InChI=1S/C26H32FN5O3/c1-15-22-18(24(33)32(29)25(34)31(22)16-9-10-16)11-20(27)23(15)30-12-19(26(2,3)14-30)21(28)13-35-17-7-5-4-6-8-17/h4-8,11,16,19,21H,9-10,12-14,28-29H2,1-3H3. The fourth-order valence-electron chi connectivity index (χ4n) is 5.59. The minimum Gasteiger partial charge on any atom is -0.492 e. The molecule has 2 heterocycles. The van der Waals surface area contributed by atoms with Crippen LogP contribution in [0.25, 0.3) is 10.9 Å². The number of nitrogens with two attached hydrogens (primary N) is 2. The molecule has 1 aromatic heterocycles. The van der Waals surface area contributed by atoms with Crippen LogP contribution < -0.4 is 32.5 Å². The highest BCUT2D eigenvalue weighted by Crippen LogP contribution is 2.43. The highest BCUT2D eigenvalue weighted by molar-refractivity contribution is 5.87. The van der Waals surface area contributed by atoms with Crippen molar-refractivity contribution in [2.75, 3.05) is 30.4 Å². The molecule has 9 heteroatoms. The number of anilines is 1. The molecule has 0 radical (unpaired) electrons. The van der Waals surface area contributed by atoms with Crippen LogP contribution >= 0.6 is 0 Å². The van der Waals surface area contributed by atoms with Gasteiger partial charge < -0.3 is 21.2 Å². The molecule has 0 bridgehead atoms. The quantitative estimate of drug-likeness (QED) is 0.524. The Kier molecular flexibility index (Phi) is 5.62. The zero-order valence-electron chi connectivity index (χ0n) is 20.3. The molecule has 0 amide bonds. The molecule has 5 rings (SSSR count). The van der Waals surface area contributed by atoms with Crippen molar-refractivity contribution in [3.8, 4) is 5.75 Å². The molecule has 1 saturated heterocycles. The summed E-state index contributed by atoms with van der Waals surface area (Å²) in [7, 11) is 0. The van der Waals surface area contributed by atoms with Crippen LogP contribution in [0.1, 0.15) is 38.3 Å². The number of nitrogens with zero attached hydrogens (tertiary/aromatic N) is 3. The van der Waals surface area contributed by atoms with E-state index in [0.717, 1.165) is 18.6 Å². The van der Waals surface area contributed by atoms with Crippen LogP contribution in [0.2, 0.25) is 0 Å². The number of benzene rings is 2. The van der Waals surface area contributed by atoms with Gasteiger partial charge in [0.05, 0.1) is 16.6 Å². The van der Waals surface area contributed by atoms with Crippen molar-refractivity contribution in [2.45, 2.75) is 45.7 Å². The molecule has 0 spiro atoms. The number of aromatic nitrogens is 2. The monoisotopic (exact) mass is 481 g/mol. The first kappa shape index (κ1) is 23.4. The van der Waals surface area contributed by atoms with Crippen LogP contribution in [0, 0.1) is 24.1 Å². The van der Waals surface area contributed by atoms with Gasteiger partial charge in [-0.25, -0.2) is 9.18 Å². The molecule has 2 fully saturated rings. The third-order valence-electron chi connectivity index (χ3n) is 7.52. The second-order valence-corrected chi connectivity index (χ2v) is 10.6. The predicted octanol–water partition coefficient (Wildman–Crippen LogP) is 2.53. The van der Waals surface area contributed by atoms with Crippen LogP contribution in [0.4, 0.5) is 10.1 Å². The third kappa shape index (κ3) is 3.97. The van der Waals surface area contributed by atoms with Gasteiger partial charge in [0.2, 0.25) is 0 Å². The predicted molar refractivity (Wildman–Crippen MR) is 135 cm³/mol. The third-order valence-corrected chi connectivity index (χ3v) is 7.52. The number of rotatable bonds is 6. The Balaban J connectivity index is 1.51. The van der Waals surface area contributed by atoms with Crippen molar-refractivity contribution in [3.63, 3.8) is 0 Å². The summed E-state index contributed by atoms with van der Waals surface area (Å²) >= 11 is 0. The maximum atomic E-state index is 15.6. The number of para-hydroxylation sites is 1. The minimum absolute atomic E-state index is 0.0243. The molecule has 2 aromatic carbocycles. The number of nitrogen functional groups attached to an aromatic ring is 1. The van der Waals surface area contributed by atoms with Crippen molar-refractivity contribution in [1.82, 2.24) is 9.24 Å². The molecule has 3 aromatic rings. The van der Waals surface area contributed by atoms with E-state index in [1.165, 1.54) is 6.07 Å². The van der Waals surface area contributed by atoms with Gasteiger partial charge in [-0.2, -0.15) is 4.68 Å². The molecule has 1 aliphatic carbocycles. The van der Waals surface area contributed by atoms with Gasteiger partial charge >= 0.3 is 5.69 Å². The van der Waals surface area contributed by atoms with Gasteiger partial charge in [0, 0.05) is 36.7 Å². The van der Waals surface area contributed by atoms with Crippen LogP contribution in [-0.2, 0) is 0 Å². The van der Waals surface area contributed by atoms with E-state index in [9.17, 15) is 9.59 Å². The van der Waals surface area contributed by atoms with E-state index in [1.807, 2.05) is 35.2 Å². The fourth-order valence-corrected chi connectivity index (χ4v) is 5.59. The lowest BCUT2D eigenvalue weighted by Gasteiger charge is -2.30. The number of ether oxygens (including phenoxy) is 1. The Hall–Kier alpha value is -3.33. The van der Waals surface area contributed by atoms with Crippen molar-refractivity contribution >= 4 is 16.6 Å². The first-order valence-corrected chi connectivity index (χ1v) is 12.0. The molecule has 35 heavy (non-hydrogen) atoms. The van der Waals surface area contributed by atoms with E-state index >= 15 is 4.39 Å². The summed E-state index contributed by atoms with van der Waals surface area (Å²) in [6, 6.07) is 10.5. The summed E-state index contributed by atoms with van der Waals surface area (Å²) in [5, 5.41) is 0.126. The Morgan fingerprint density at radius 2 is 1.89 bits per heavy atom. The lowest BCUT2D eigenvalue weighted by molar-refractivity contribution is 0.185. The zero-order chi connectivity index (χ0) is 25.1. The van der Waals surface area contributed by atoms with Crippen molar-refractivity contribution in [1.29, 1.82) is 0 Å². The van der Waals surface area contributed by atoms with Crippen LogP contribution in [0.3, 0.4) is 0 Å². The second kappa shape index (κ2) is 8.41. The maximum absolute atomic E-state index is 15.6. The zero-order valence-corrected chi connectivity index (χ0v) is 20.3. The molecule has 4 N–H and O–H groups in total. The topological polar surface area (TPSA) is 109 Å². The van der Waals surface area contributed by atoms with E-state index in [0.29, 0.717) is 41.1 Å². The lowest BCUT2D eigenvalue weighted by atomic mass is 9.78. The summed E-state index contributed by atoms with van der Waals surface area (Å²) in [6.45, 7) is 7.50. The summed E-state index contributed by atoms with van der Waals surface area (Å²) < 4.78 is 23.6. The maximum Gasteiger partial charge on any atom is 0.350 e. The lowest BCUT2D eigenvalue weighted by Crippen LogP contribution is -2.44. The van der Waals surface area contributed by atoms with E-state index in [-0.39, 0.29) is 28.8 Å². The van der Waals surface area contributed by atoms with Crippen LogP contribution in [0.5, 0.6) is 5.75 Å². The fraction of sp³-hybridized carbons (Fsp3) is 0.462. The number of hydrogen-bond donors (Lipinski definition) is 2. The largest absolute Gasteiger partial charge is 0.492 e. The van der Waals surface area contributed by atoms with Crippen molar-refractivity contribution in [2.24, 2.45) is 17.1 Å². The summed E-state index contributed by atoms with van der Waals surface area (Å²) in [4.78, 5) is 27.6. The normalized spacial score (nSPS) is 20.4. The Morgan fingerprint density at radius 3 is 2.54 bits per heavy atom. The molecule has 2 unspecified atom stereocenters. The minimum atomic E-state index is -0.685. The van der Waals surface area contributed by atoms with Gasteiger partial charge in [-0.1, -0.05) is 32.0 Å². The molecule has 2 aliphatic rings. The first-order valence-electron chi connectivity index (χ1n) is 12.0. The van der Waals surface area contributed by atoms with Crippen LogP contribution in [-0.4, -0.2) is 35.0 Å². The molecule has 8 nitrogen and oxygen atoms in total. The molecular formula is C26H32FN5O3. The van der Waals surface area contributed by atoms with Gasteiger partial charge in [0.25, 0.3) is 5.56 Å². The second-order valence-electron chi connectivity index (χ2n) is 10.6. The smallest absolute Gasteiger partial charge is 0.350 e. The van der Waals surface area contributed by atoms with Crippen molar-refractivity contribution in [3.05, 3.63) is 68.6 Å². The molecule has 1 aliphatic heterocycles. The number of aryl methyl sites for hydroxylation is 1. The van der Waals surface area contributed by atoms with E-state index < -0.39 is 17.1 Å². The number of hydrogen-bond acceptors (Lipinski definition) is 6. The van der Waals surface area contributed by atoms with Crippen LogP contribution in [0.15, 0.2) is 46.0 Å². The number of fused-ring (bicyclic) bond motifs is 1. The van der Waals surface area contributed by atoms with Gasteiger partial charge in [-0.05, 0) is 43.4 Å². The molecule has 186 valence electrons. The highest BCUT2D eigenvalue weighted by atomic mass is 19.1. The van der Waals surface area contributed by atoms with Crippen molar-refractivity contribution < 1.29 is 9.13 Å². The van der Waals surface area contributed by atoms with E-state index in [2.05, 4.69) is 13.8 Å².